The maximum Gasteiger partial charge on any atom is 0.244 e. The van der Waals surface area contributed by atoms with E-state index in [1.165, 1.54) is 6.33 Å². The van der Waals surface area contributed by atoms with E-state index in [-0.39, 0.29) is 11.9 Å². The van der Waals surface area contributed by atoms with Crippen LogP contribution < -0.4 is 10.2 Å². The third-order valence-corrected chi connectivity index (χ3v) is 4.11. The molecule has 0 aliphatic carbocycles. The van der Waals surface area contributed by atoms with E-state index >= 15 is 0 Å². The molecule has 1 fully saturated rings. The summed E-state index contributed by atoms with van der Waals surface area (Å²) in [7, 11) is 0. The van der Waals surface area contributed by atoms with Gasteiger partial charge in [-0.2, -0.15) is 0 Å². The van der Waals surface area contributed by atoms with Crippen LogP contribution in [0.3, 0.4) is 0 Å². The van der Waals surface area contributed by atoms with E-state index in [1.807, 2.05) is 0 Å². The van der Waals surface area contributed by atoms with Crippen LogP contribution >= 0.6 is 23.2 Å². The summed E-state index contributed by atoms with van der Waals surface area (Å²) in [6.45, 7) is 1.18. The van der Waals surface area contributed by atoms with Gasteiger partial charge in [0, 0.05) is 36.1 Å². The van der Waals surface area contributed by atoms with Crippen LogP contribution in [0, 0.1) is 0 Å². The van der Waals surface area contributed by atoms with Gasteiger partial charge in [-0.1, -0.05) is 23.2 Å². The topological polar surface area (TPSA) is 58.1 Å². The van der Waals surface area contributed by atoms with Crippen LogP contribution in [-0.4, -0.2) is 28.5 Å². The lowest BCUT2D eigenvalue weighted by Gasteiger charge is -2.18. The minimum atomic E-state index is -0.230. The average molecular weight is 337 g/mol. The molecule has 0 saturated carbocycles. The van der Waals surface area contributed by atoms with Crippen LogP contribution in [-0.2, 0) is 11.3 Å². The molecule has 2 aromatic rings. The van der Waals surface area contributed by atoms with Crippen LogP contribution in [0.1, 0.15) is 12.0 Å². The van der Waals surface area contributed by atoms with Crippen LogP contribution in [0.2, 0.25) is 10.0 Å². The van der Waals surface area contributed by atoms with Crippen molar-refractivity contribution in [3.8, 4) is 0 Å². The van der Waals surface area contributed by atoms with Gasteiger partial charge in [0.25, 0.3) is 0 Å². The number of hydrogen-bond acceptors (Lipinski definition) is 4. The van der Waals surface area contributed by atoms with E-state index in [0.29, 0.717) is 28.8 Å². The number of anilines is 1. The molecule has 2 heterocycles. The molecule has 0 spiro atoms. The molecule has 1 N–H and O–H groups in total. The van der Waals surface area contributed by atoms with E-state index in [9.17, 15) is 4.79 Å². The molecule has 22 heavy (non-hydrogen) atoms. The molecular weight excluding hydrogens is 323 g/mol. The van der Waals surface area contributed by atoms with Gasteiger partial charge in [-0.25, -0.2) is 9.97 Å². The smallest absolute Gasteiger partial charge is 0.244 e. The van der Waals surface area contributed by atoms with Crippen molar-refractivity contribution in [2.45, 2.75) is 19.0 Å². The zero-order chi connectivity index (χ0) is 15.5. The maximum absolute atomic E-state index is 12.5. The van der Waals surface area contributed by atoms with Crippen LogP contribution in [0.25, 0.3) is 0 Å². The molecule has 5 nitrogen and oxygen atoms in total. The standard InChI is InChI=1S/C15H14Cl2N4O/c16-11-1-2-14(12(17)5-11)21-4-3-13(15(21)22)20-8-10-6-18-9-19-7-10/h1-2,5-7,9,13,20H,3-4,8H2. The second-order valence-corrected chi connectivity index (χ2v) is 5.90. The molecule has 1 unspecified atom stereocenters. The Kier molecular flexibility index (Phi) is 4.57. The summed E-state index contributed by atoms with van der Waals surface area (Å²) in [5.74, 6) is 0.0149. The highest BCUT2D eigenvalue weighted by Crippen LogP contribution is 2.31. The number of rotatable bonds is 4. The number of benzene rings is 1. The van der Waals surface area contributed by atoms with Gasteiger partial charge in [-0.05, 0) is 24.6 Å². The fraction of sp³-hybridized carbons (Fsp3) is 0.267. The first-order valence-corrected chi connectivity index (χ1v) is 7.64. The van der Waals surface area contributed by atoms with Crippen LogP contribution in [0.4, 0.5) is 5.69 Å². The summed E-state index contributed by atoms with van der Waals surface area (Å²) < 4.78 is 0. The van der Waals surface area contributed by atoms with Gasteiger partial charge < -0.3 is 10.2 Å². The molecule has 1 atom stereocenters. The minimum Gasteiger partial charge on any atom is -0.310 e. The molecular formula is C15H14Cl2N4O. The Hall–Kier alpha value is -1.69. The number of aromatic nitrogens is 2. The highest BCUT2D eigenvalue weighted by molar-refractivity contribution is 6.36. The first-order chi connectivity index (χ1) is 10.6. The SMILES string of the molecule is O=C1C(NCc2cncnc2)CCN1c1ccc(Cl)cc1Cl. The summed E-state index contributed by atoms with van der Waals surface area (Å²) >= 11 is 12.1. The van der Waals surface area contributed by atoms with Crippen molar-refractivity contribution in [3.63, 3.8) is 0 Å². The third-order valence-electron chi connectivity index (χ3n) is 3.57. The maximum atomic E-state index is 12.5. The Bertz CT molecular complexity index is 680. The Morgan fingerprint density at radius 3 is 2.77 bits per heavy atom. The molecule has 1 aromatic carbocycles. The Morgan fingerprint density at radius 1 is 1.27 bits per heavy atom. The summed E-state index contributed by atoms with van der Waals surface area (Å²) in [4.78, 5) is 22.1. The van der Waals surface area contributed by atoms with Gasteiger partial charge in [0.15, 0.2) is 0 Å². The van der Waals surface area contributed by atoms with Crippen LogP contribution in [0.15, 0.2) is 36.9 Å². The molecule has 114 valence electrons. The number of nitrogens with one attached hydrogen (secondary N) is 1. The summed E-state index contributed by atoms with van der Waals surface area (Å²) in [6.07, 6.45) is 5.67. The van der Waals surface area contributed by atoms with E-state index in [1.54, 1.807) is 35.5 Å². The van der Waals surface area contributed by atoms with Crippen molar-refractivity contribution in [2.24, 2.45) is 0 Å². The molecule has 1 aromatic heterocycles. The molecule has 1 aliphatic heterocycles. The number of carbonyl (C=O) groups excluding carboxylic acids is 1. The normalized spacial score (nSPS) is 18.0. The Labute approximate surface area is 138 Å². The van der Waals surface area contributed by atoms with Gasteiger partial charge in [-0.15, -0.1) is 0 Å². The van der Waals surface area contributed by atoms with Gasteiger partial charge in [0.2, 0.25) is 5.91 Å². The molecule has 0 radical (unpaired) electrons. The van der Waals surface area contributed by atoms with Crippen molar-refractivity contribution in [3.05, 3.63) is 52.5 Å². The van der Waals surface area contributed by atoms with Gasteiger partial charge in [0.1, 0.15) is 6.33 Å². The lowest BCUT2D eigenvalue weighted by molar-refractivity contribution is -0.118. The first kappa shape index (κ1) is 15.2. The van der Waals surface area contributed by atoms with E-state index in [2.05, 4.69) is 15.3 Å². The van der Waals surface area contributed by atoms with Crippen molar-refractivity contribution in [1.82, 2.24) is 15.3 Å². The molecule has 0 bridgehead atoms. The van der Waals surface area contributed by atoms with E-state index < -0.39 is 0 Å². The number of carbonyl (C=O) groups is 1. The zero-order valence-electron chi connectivity index (χ0n) is 11.7. The molecule has 1 amide bonds. The third kappa shape index (κ3) is 3.21. The highest BCUT2D eigenvalue weighted by Gasteiger charge is 2.33. The van der Waals surface area contributed by atoms with Crippen molar-refractivity contribution < 1.29 is 4.79 Å². The number of nitrogens with zero attached hydrogens (tertiary/aromatic N) is 3. The highest BCUT2D eigenvalue weighted by atomic mass is 35.5. The fourth-order valence-electron chi connectivity index (χ4n) is 2.47. The second kappa shape index (κ2) is 6.60. The Balaban J connectivity index is 1.67. The number of amides is 1. The fourth-order valence-corrected chi connectivity index (χ4v) is 2.98. The van der Waals surface area contributed by atoms with Gasteiger partial charge >= 0.3 is 0 Å². The summed E-state index contributed by atoms with van der Waals surface area (Å²) in [5, 5.41) is 4.28. The van der Waals surface area contributed by atoms with Gasteiger partial charge in [-0.3, -0.25) is 4.79 Å². The number of halogens is 2. The Morgan fingerprint density at radius 2 is 2.05 bits per heavy atom. The largest absolute Gasteiger partial charge is 0.310 e. The van der Waals surface area contributed by atoms with E-state index in [4.69, 9.17) is 23.2 Å². The van der Waals surface area contributed by atoms with Gasteiger partial charge in [0.05, 0.1) is 16.8 Å². The second-order valence-electron chi connectivity index (χ2n) is 5.05. The monoisotopic (exact) mass is 336 g/mol. The lowest BCUT2D eigenvalue weighted by Crippen LogP contribution is -2.38. The zero-order valence-corrected chi connectivity index (χ0v) is 13.2. The minimum absolute atomic E-state index is 0.0149. The van der Waals surface area contributed by atoms with Crippen molar-refractivity contribution in [1.29, 1.82) is 0 Å². The van der Waals surface area contributed by atoms with E-state index in [0.717, 1.165) is 12.0 Å². The summed E-state index contributed by atoms with van der Waals surface area (Å²) in [5.41, 5.74) is 1.64. The molecule has 1 aliphatic rings. The number of hydrogen-bond donors (Lipinski definition) is 1. The summed E-state index contributed by atoms with van der Waals surface area (Å²) in [6, 6.07) is 4.92. The lowest BCUT2D eigenvalue weighted by atomic mass is 10.2. The first-order valence-electron chi connectivity index (χ1n) is 6.89. The van der Waals surface area contributed by atoms with Crippen molar-refractivity contribution in [2.75, 3.05) is 11.4 Å². The van der Waals surface area contributed by atoms with Crippen molar-refractivity contribution >= 4 is 34.8 Å². The molecule has 3 rings (SSSR count). The predicted octanol–water partition coefficient (Wildman–Crippen LogP) is 2.68. The molecule has 7 heteroatoms. The average Bonchev–Trinajstić information content (AvgIpc) is 2.87. The predicted molar refractivity (Wildman–Crippen MR) is 86.1 cm³/mol. The molecule has 1 saturated heterocycles. The quantitative estimate of drug-likeness (QED) is 0.932. The van der Waals surface area contributed by atoms with Crippen LogP contribution in [0.5, 0.6) is 0 Å².